The second kappa shape index (κ2) is 5.09. The molecule has 1 aromatic rings. The van der Waals surface area contributed by atoms with Crippen LogP contribution in [0.15, 0.2) is 24.3 Å². The Bertz CT molecular complexity index is 346. The van der Waals surface area contributed by atoms with Crippen molar-refractivity contribution in [2.24, 2.45) is 17.6 Å². The standard InChI is InChI=1S/C15H24N2/c1-11-9-17(10-12(11)2)15-6-4-14(5-7-15)8-13(3)16/h4-7,11-13H,8-10,16H2,1-3H3. The largest absolute Gasteiger partial charge is 0.371 e. The maximum atomic E-state index is 5.81. The van der Waals surface area contributed by atoms with Gasteiger partial charge in [0.2, 0.25) is 0 Å². The molecule has 3 atom stereocenters. The third kappa shape index (κ3) is 3.01. The molecule has 2 rings (SSSR count). The first-order valence-corrected chi connectivity index (χ1v) is 6.65. The van der Waals surface area contributed by atoms with E-state index in [4.69, 9.17) is 5.73 Å². The van der Waals surface area contributed by atoms with Crippen LogP contribution in [0.4, 0.5) is 5.69 Å². The number of rotatable bonds is 3. The van der Waals surface area contributed by atoms with Gasteiger partial charge in [-0.1, -0.05) is 26.0 Å². The summed E-state index contributed by atoms with van der Waals surface area (Å²) in [5.41, 5.74) is 8.50. The summed E-state index contributed by atoms with van der Waals surface area (Å²) in [4.78, 5) is 2.49. The van der Waals surface area contributed by atoms with E-state index in [1.165, 1.54) is 24.3 Å². The third-order valence-electron chi connectivity index (χ3n) is 3.85. The molecular weight excluding hydrogens is 208 g/mol. The molecule has 2 N–H and O–H groups in total. The number of hydrogen-bond donors (Lipinski definition) is 1. The molecule has 1 aromatic carbocycles. The molecule has 1 aliphatic heterocycles. The van der Waals surface area contributed by atoms with Gasteiger partial charge in [-0.15, -0.1) is 0 Å². The van der Waals surface area contributed by atoms with Gasteiger partial charge < -0.3 is 10.6 Å². The molecule has 0 aliphatic carbocycles. The first kappa shape index (κ1) is 12.4. The van der Waals surface area contributed by atoms with E-state index in [0.717, 1.165) is 18.3 Å². The molecule has 0 bridgehead atoms. The highest BCUT2D eigenvalue weighted by molar-refractivity contribution is 5.48. The molecule has 0 amide bonds. The summed E-state index contributed by atoms with van der Waals surface area (Å²) in [6.07, 6.45) is 0.965. The Hall–Kier alpha value is -1.02. The zero-order valence-corrected chi connectivity index (χ0v) is 11.2. The van der Waals surface area contributed by atoms with Crippen molar-refractivity contribution in [2.45, 2.75) is 33.2 Å². The average molecular weight is 232 g/mol. The minimum atomic E-state index is 0.243. The fourth-order valence-corrected chi connectivity index (χ4v) is 2.56. The van der Waals surface area contributed by atoms with Crippen LogP contribution in [-0.2, 0) is 6.42 Å². The zero-order valence-electron chi connectivity index (χ0n) is 11.2. The van der Waals surface area contributed by atoms with Crippen molar-refractivity contribution in [3.05, 3.63) is 29.8 Å². The maximum absolute atomic E-state index is 5.81. The highest BCUT2D eigenvalue weighted by Crippen LogP contribution is 2.27. The summed E-state index contributed by atoms with van der Waals surface area (Å²) in [5, 5.41) is 0. The topological polar surface area (TPSA) is 29.3 Å². The van der Waals surface area contributed by atoms with Crippen molar-refractivity contribution < 1.29 is 0 Å². The lowest BCUT2D eigenvalue weighted by Gasteiger charge is -2.19. The van der Waals surface area contributed by atoms with Crippen molar-refractivity contribution in [1.29, 1.82) is 0 Å². The first-order chi connectivity index (χ1) is 8.06. The normalized spacial score (nSPS) is 26.2. The van der Waals surface area contributed by atoms with Gasteiger partial charge in [-0.3, -0.25) is 0 Å². The van der Waals surface area contributed by atoms with E-state index in [2.05, 4.69) is 49.9 Å². The van der Waals surface area contributed by atoms with Gasteiger partial charge in [-0.05, 0) is 42.9 Å². The van der Waals surface area contributed by atoms with E-state index in [0.29, 0.717) is 0 Å². The molecule has 1 aliphatic rings. The molecule has 2 nitrogen and oxygen atoms in total. The molecule has 1 heterocycles. The molecule has 3 unspecified atom stereocenters. The molecule has 1 fully saturated rings. The van der Waals surface area contributed by atoms with E-state index < -0.39 is 0 Å². The van der Waals surface area contributed by atoms with Crippen molar-refractivity contribution in [2.75, 3.05) is 18.0 Å². The van der Waals surface area contributed by atoms with Crippen LogP contribution in [-0.4, -0.2) is 19.1 Å². The fourth-order valence-electron chi connectivity index (χ4n) is 2.56. The van der Waals surface area contributed by atoms with E-state index in [1.54, 1.807) is 0 Å². The average Bonchev–Trinajstić information content (AvgIpc) is 2.59. The molecule has 17 heavy (non-hydrogen) atoms. The lowest BCUT2D eigenvalue weighted by atomic mass is 10.0. The van der Waals surface area contributed by atoms with E-state index in [1.807, 2.05) is 0 Å². The van der Waals surface area contributed by atoms with Crippen molar-refractivity contribution in [3.8, 4) is 0 Å². The van der Waals surface area contributed by atoms with Gasteiger partial charge in [0.05, 0.1) is 0 Å². The van der Waals surface area contributed by atoms with Gasteiger partial charge in [-0.2, -0.15) is 0 Å². The minimum Gasteiger partial charge on any atom is -0.371 e. The summed E-state index contributed by atoms with van der Waals surface area (Å²) >= 11 is 0. The van der Waals surface area contributed by atoms with Gasteiger partial charge in [-0.25, -0.2) is 0 Å². The minimum absolute atomic E-state index is 0.243. The summed E-state index contributed by atoms with van der Waals surface area (Å²) in [7, 11) is 0. The van der Waals surface area contributed by atoms with Crippen molar-refractivity contribution >= 4 is 5.69 Å². The number of benzene rings is 1. The lowest BCUT2D eigenvalue weighted by molar-refractivity contribution is 0.494. The monoisotopic (exact) mass is 232 g/mol. The SMILES string of the molecule is CC(N)Cc1ccc(N2CC(C)C(C)C2)cc1. The highest BCUT2D eigenvalue weighted by atomic mass is 15.2. The molecule has 94 valence electrons. The maximum Gasteiger partial charge on any atom is 0.0366 e. The second-order valence-electron chi connectivity index (χ2n) is 5.71. The molecule has 0 radical (unpaired) electrons. The van der Waals surface area contributed by atoms with E-state index in [-0.39, 0.29) is 6.04 Å². The molecule has 2 heteroatoms. The molecule has 0 saturated carbocycles. The molecule has 1 saturated heterocycles. The Morgan fingerprint density at radius 1 is 1.18 bits per heavy atom. The number of anilines is 1. The van der Waals surface area contributed by atoms with Crippen molar-refractivity contribution in [3.63, 3.8) is 0 Å². The van der Waals surface area contributed by atoms with Gasteiger partial charge in [0, 0.05) is 24.8 Å². The van der Waals surface area contributed by atoms with Crippen LogP contribution in [0, 0.1) is 11.8 Å². The second-order valence-corrected chi connectivity index (χ2v) is 5.71. The Morgan fingerprint density at radius 3 is 2.18 bits per heavy atom. The third-order valence-corrected chi connectivity index (χ3v) is 3.85. The predicted octanol–water partition coefficient (Wildman–Crippen LogP) is 2.67. The van der Waals surface area contributed by atoms with Gasteiger partial charge in [0.1, 0.15) is 0 Å². The van der Waals surface area contributed by atoms with Crippen LogP contribution in [0.1, 0.15) is 26.3 Å². The van der Waals surface area contributed by atoms with Crippen molar-refractivity contribution in [1.82, 2.24) is 0 Å². The van der Waals surface area contributed by atoms with Gasteiger partial charge >= 0.3 is 0 Å². The Kier molecular flexibility index (Phi) is 3.72. The quantitative estimate of drug-likeness (QED) is 0.868. The Balaban J connectivity index is 2.03. The van der Waals surface area contributed by atoms with Gasteiger partial charge in [0.15, 0.2) is 0 Å². The Morgan fingerprint density at radius 2 is 1.71 bits per heavy atom. The number of nitrogens with zero attached hydrogens (tertiary/aromatic N) is 1. The van der Waals surface area contributed by atoms with Crippen LogP contribution in [0.25, 0.3) is 0 Å². The molecule has 0 aromatic heterocycles. The van der Waals surface area contributed by atoms with Gasteiger partial charge in [0.25, 0.3) is 0 Å². The summed E-state index contributed by atoms with van der Waals surface area (Å²) < 4.78 is 0. The molecule has 0 spiro atoms. The fraction of sp³-hybridized carbons (Fsp3) is 0.600. The first-order valence-electron chi connectivity index (χ1n) is 6.65. The zero-order chi connectivity index (χ0) is 12.4. The van der Waals surface area contributed by atoms with E-state index in [9.17, 15) is 0 Å². The number of hydrogen-bond acceptors (Lipinski definition) is 2. The summed E-state index contributed by atoms with van der Waals surface area (Å²) in [6.45, 7) is 9.11. The van der Waals surface area contributed by atoms with Crippen LogP contribution in [0.2, 0.25) is 0 Å². The number of nitrogens with two attached hydrogens (primary N) is 1. The lowest BCUT2D eigenvalue weighted by Crippen LogP contribution is -2.20. The van der Waals surface area contributed by atoms with Crippen LogP contribution in [0.3, 0.4) is 0 Å². The van der Waals surface area contributed by atoms with Crippen LogP contribution >= 0.6 is 0 Å². The smallest absolute Gasteiger partial charge is 0.0366 e. The predicted molar refractivity (Wildman–Crippen MR) is 74.3 cm³/mol. The summed E-state index contributed by atoms with van der Waals surface area (Å²) in [6, 6.07) is 9.15. The summed E-state index contributed by atoms with van der Waals surface area (Å²) in [5.74, 6) is 1.61. The van der Waals surface area contributed by atoms with Crippen LogP contribution < -0.4 is 10.6 Å². The highest BCUT2D eigenvalue weighted by Gasteiger charge is 2.25. The van der Waals surface area contributed by atoms with E-state index >= 15 is 0 Å². The Labute approximate surface area is 105 Å². The molecular formula is C15H24N2. The van der Waals surface area contributed by atoms with Crippen LogP contribution in [0.5, 0.6) is 0 Å².